The van der Waals surface area contributed by atoms with Gasteiger partial charge in [0.25, 0.3) is 0 Å². The number of hydrogen-bond acceptors (Lipinski definition) is 5. The fourth-order valence-corrected chi connectivity index (χ4v) is 7.18. The summed E-state index contributed by atoms with van der Waals surface area (Å²) in [6.45, 7) is 1.69. The third-order valence-corrected chi connectivity index (χ3v) is 9.39. The Hall–Kier alpha value is -2.18. The Balaban J connectivity index is 1.11. The minimum atomic E-state index is -4.55. The quantitative estimate of drug-likeness (QED) is 0.307. The molecule has 0 radical (unpaired) electrons. The first-order valence-corrected chi connectivity index (χ1v) is 15.0. The van der Waals surface area contributed by atoms with Crippen LogP contribution in [0.3, 0.4) is 0 Å². The summed E-state index contributed by atoms with van der Waals surface area (Å²) in [7, 11) is 0. The number of alkyl halides is 6. The minimum absolute atomic E-state index is 0.160. The Bertz CT molecular complexity index is 1160. The Morgan fingerprint density at radius 1 is 0.581 bits per heavy atom. The molecule has 5 nitrogen and oxygen atoms in total. The summed E-state index contributed by atoms with van der Waals surface area (Å²) < 4.78 is 113. The van der Waals surface area contributed by atoms with Crippen LogP contribution in [0.15, 0.2) is 36.4 Å². The SMILES string of the molecule is FC(F)(F)c1cc(COCc2ccc(C3CCC4(CC3)OCCO4)c(C(F)(F)F)c2)ccc1C1CCC2(CC1)OCCO2. The van der Waals surface area contributed by atoms with E-state index in [0.29, 0.717) is 88.9 Å². The molecule has 2 aromatic carbocycles. The molecule has 2 heterocycles. The maximum absolute atomic E-state index is 14.1. The standard InChI is InChI=1S/C32H36F6O5/c33-31(34,35)27-17-21(1-3-25(27)23-5-9-29(10-6-23)40-13-14-41-29)19-39-20-22-2-4-26(28(18-22)32(36,37)38)24-7-11-30(12-8-24)42-15-16-43-30/h1-4,17-18,23-24H,5-16,19-20H2. The van der Waals surface area contributed by atoms with Gasteiger partial charge in [-0.25, -0.2) is 0 Å². The van der Waals surface area contributed by atoms with Gasteiger partial charge in [-0.05, 0) is 71.9 Å². The molecule has 2 aliphatic heterocycles. The second kappa shape index (κ2) is 12.0. The van der Waals surface area contributed by atoms with Gasteiger partial charge in [0.1, 0.15) is 0 Å². The lowest BCUT2D eigenvalue weighted by molar-refractivity contribution is -0.179. The molecule has 6 rings (SSSR count). The molecule has 2 spiro atoms. The molecule has 11 heteroatoms. The van der Waals surface area contributed by atoms with Crippen LogP contribution in [0.2, 0.25) is 0 Å². The number of ether oxygens (including phenoxy) is 5. The van der Waals surface area contributed by atoms with E-state index in [1.54, 1.807) is 12.1 Å². The van der Waals surface area contributed by atoms with Gasteiger partial charge in [-0.15, -0.1) is 0 Å². The van der Waals surface area contributed by atoms with E-state index >= 15 is 0 Å². The van der Waals surface area contributed by atoms with E-state index in [-0.39, 0.29) is 36.2 Å². The molecule has 0 bridgehead atoms. The molecule has 2 saturated heterocycles. The highest BCUT2D eigenvalue weighted by atomic mass is 19.4. The monoisotopic (exact) mass is 614 g/mol. The lowest BCUT2D eigenvalue weighted by Crippen LogP contribution is -2.35. The van der Waals surface area contributed by atoms with Crippen molar-refractivity contribution in [2.75, 3.05) is 26.4 Å². The normalized spacial score (nSPS) is 24.3. The summed E-state index contributed by atoms with van der Waals surface area (Å²) in [5.41, 5.74) is -0.288. The summed E-state index contributed by atoms with van der Waals surface area (Å²) in [5, 5.41) is 0. The molecule has 2 saturated carbocycles. The van der Waals surface area contributed by atoms with Crippen LogP contribution in [0, 0.1) is 0 Å². The van der Waals surface area contributed by atoms with E-state index in [1.165, 1.54) is 12.1 Å². The van der Waals surface area contributed by atoms with Crippen LogP contribution < -0.4 is 0 Å². The van der Waals surface area contributed by atoms with Crippen LogP contribution in [0.4, 0.5) is 26.3 Å². The van der Waals surface area contributed by atoms with Crippen molar-refractivity contribution in [3.05, 3.63) is 69.8 Å². The molecule has 0 aromatic heterocycles. The average molecular weight is 615 g/mol. The summed E-state index contributed by atoms with van der Waals surface area (Å²) in [6.07, 6.45) is -4.81. The number of benzene rings is 2. The molecular weight excluding hydrogens is 578 g/mol. The molecule has 0 unspecified atom stereocenters. The third kappa shape index (κ3) is 6.76. The second-order valence-electron chi connectivity index (χ2n) is 12.1. The number of halogens is 6. The molecular formula is C32H36F6O5. The van der Waals surface area contributed by atoms with E-state index < -0.39 is 35.1 Å². The average Bonchev–Trinajstić information content (AvgIpc) is 3.63. The Kier molecular flexibility index (Phi) is 8.58. The van der Waals surface area contributed by atoms with Crippen LogP contribution in [0.25, 0.3) is 0 Å². The molecule has 0 amide bonds. The predicted octanol–water partition coefficient (Wildman–Crippen LogP) is 8.24. The van der Waals surface area contributed by atoms with E-state index in [2.05, 4.69) is 0 Å². The minimum Gasteiger partial charge on any atom is -0.372 e. The summed E-state index contributed by atoms with van der Waals surface area (Å²) >= 11 is 0. The van der Waals surface area contributed by atoms with Crippen molar-refractivity contribution in [2.24, 2.45) is 0 Å². The summed E-state index contributed by atoms with van der Waals surface area (Å²) in [5.74, 6) is -1.86. The predicted molar refractivity (Wildman–Crippen MR) is 143 cm³/mol. The Labute approximate surface area is 246 Å². The van der Waals surface area contributed by atoms with Crippen molar-refractivity contribution in [2.45, 2.75) is 100 Å². The lowest BCUT2D eigenvalue weighted by atomic mass is 9.79. The Morgan fingerprint density at radius 3 is 1.26 bits per heavy atom. The summed E-state index contributed by atoms with van der Waals surface area (Å²) in [4.78, 5) is 0. The molecule has 0 atom stereocenters. The zero-order chi connectivity index (χ0) is 30.3. The van der Waals surface area contributed by atoms with Crippen LogP contribution in [0.1, 0.15) is 96.6 Å². The van der Waals surface area contributed by atoms with E-state index in [1.807, 2.05) is 0 Å². The topological polar surface area (TPSA) is 46.2 Å². The molecule has 2 aliphatic carbocycles. The van der Waals surface area contributed by atoms with Crippen molar-refractivity contribution >= 4 is 0 Å². The van der Waals surface area contributed by atoms with Crippen molar-refractivity contribution < 1.29 is 50.0 Å². The van der Waals surface area contributed by atoms with E-state index in [4.69, 9.17) is 23.7 Å². The van der Waals surface area contributed by atoms with Gasteiger partial charge in [0.15, 0.2) is 11.6 Å². The molecule has 236 valence electrons. The van der Waals surface area contributed by atoms with Crippen LogP contribution >= 0.6 is 0 Å². The fourth-order valence-electron chi connectivity index (χ4n) is 7.18. The first-order chi connectivity index (χ1) is 20.5. The zero-order valence-electron chi connectivity index (χ0n) is 23.8. The van der Waals surface area contributed by atoms with Gasteiger partial charge in [-0.3, -0.25) is 0 Å². The molecule has 43 heavy (non-hydrogen) atoms. The maximum Gasteiger partial charge on any atom is 0.416 e. The van der Waals surface area contributed by atoms with Gasteiger partial charge in [0, 0.05) is 25.7 Å². The van der Waals surface area contributed by atoms with Gasteiger partial charge < -0.3 is 23.7 Å². The van der Waals surface area contributed by atoms with Crippen molar-refractivity contribution in [3.8, 4) is 0 Å². The lowest BCUT2D eigenvalue weighted by Gasteiger charge is -2.36. The second-order valence-corrected chi connectivity index (χ2v) is 12.1. The zero-order valence-corrected chi connectivity index (χ0v) is 23.8. The van der Waals surface area contributed by atoms with Gasteiger partial charge >= 0.3 is 12.4 Å². The first-order valence-electron chi connectivity index (χ1n) is 15.0. The molecule has 4 aliphatic rings. The summed E-state index contributed by atoms with van der Waals surface area (Å²) in [6, 6.07) is 8.42. The number of rotatable bonds is 6. The van der Waals surface area contributed by atoms with Crippen molar-refractivity contribution in [3.63, 3.8) is 0 Å². The number of hydrogen-bond donors (Lipinski definition) is 0. The largest absolute Gasteiger partial charge is 0.416 e. The van der Waals surface area contributed by atoms with Crippen LogP contribution in [-0.4, -0.2) is 38.0 Å². The Morgan fingerprint density at radius 2 is 0.930 bits per heavy atom. The highest BCUT2D eigenvalue weighted by molar-refractivity contribution is 5.38. The van der Waals surface area contributed by atoms with Gasteiger partial charge in [0.2, 0.25) is 0 Å². The smallest absolute Gasteiger partial charge is 0.372 e. The molecule has 4 fully saturated rings. The van der Waals surface area contributed by atoms with Crippen molar-refractivity contribution in [1.29, 1.82) is 0 Å². The van der Waals surface area contributed by atoms with E-state index in [0.717, 1.165) is 12.1 Å². The van der Waals surface area contributed by atoms with Crippen LogP contribution in [0.5, 0.6) is 0 Å². The van der Waals surface area contributed by atoms with Gasteiger partial charge in [0.05, 0.1) is 50.8 Å². The highest BCUT2D eigenvalue weighted by Crippen LogP contribution is 2.47. The van der Waals surface area contributed by atoms with Gasteiger partial charge in [-0.2, -0.15) is 26.3 Å². The van der Waals surface area contributed by atoms with Crippen molar-refractivity contribution in [1.82, 2.24) is 0 Å². The van der Waals surface area contributed by atoms with Gasteiger partial charge in [-0.1, -0.05) is 24.3 Å². The molecule has 2 aromatic rings. The highest BCUT2D eigenvalue weighted by Gasteiger charge is 2.44. The van der Waals surface area contributed by atoms with E-state index in [9.17, 15) is 26.3 Å². The first kappa shape index (κ1) is 30.8. The molecule has 0 N–H and O–H groups in total. The van der Waals surface area contributed by atoms with Crippen LogP contribution in [-0.2, 0) is 49.3 Å². The maximum atomic E-state index is 14.1. The third-order valence-electron chi connectivity index (χ3n) is 9.39. The fraction of sp³-hybridized carbons (Fsp3) is 0.625.